The fourth-order valence-electron chi connectivity index (χ4n) is 10.1. The molecule has 0 saturated carbocycles. The maximum atomic E-state index is 13.4. The second kappa shape index (κ2) is 58.9. The van der Waals surface area contributed by atoms with Crippen LogP contribution in [0.1, 0.15) is 284 Å². The first-order valence-electron chi connectivity index (χ1n) is 34.0. The van der Waals surface area contributed by atoms with Gasteiger partial charge in [0, 0.05) is 6.42 Å². The molecule has 0 spiro atoms. The molecule has 0 bridgehead atoms. The van der Waals surface area contributed by atoms with Gasteiger partial charge in [0.05, 0.1) is 25.4 Å². The molecule has 1 fully saturated rings. The van der Waals surface area contributed by atoms with Crippen LogP contribution < -0.4 is 5.32 Å². The van der Waals surface area contributed by atoms with Crippen molar-refractivity contribution in [2.75, 3.05) is 13.2 Å². The maximum Gasteiger partial charge on any atom is 0.306 e. The molecular formula is C72H125NO10. The van der Waals surface area contributed by atoms with E-state index in [1.165, 1.54) is 128 Å². The number of carbonyl (C=O) groups excluding carboxylic acids is 2. The lowest BCUT2D eigenvalue weighted by Gasteiger charge is -2.41. The zero-order valence-corrected chi connectivity index (χ0v) is 53.0. The van der Waals surface area contributed by atoms with Crippen LogP contribution in [0.4, 0.5) is 0 Å². The van der Waals surface area contributed by atoms with Crippen LogP contribution in [0, 0.1) is 0 Å². The Morgan fingerprint density at radius 1 is 0.470 bits per heavy atom. The third-order valence-corrected chi connectivity index (χ3v) is 15.5. The van der Waals surface area contributed by atoms with Gasteiger partial charge < -0.3 is 45.1 Å². The van der Waals surface area contributed by atoms with Crippen molar-refractivity contribution >= 4 is 11.9 Å². The van der Waals surface area contributed by atoms with E-state index in [2.05, 4.69) is 111 Å². The Morgan fingerprint density at radius 3 is 1.27 bits per heavy atom. The topological polar surface area (TPSA) is 175 Å². The Morgan fingerprint density at radius 2 is 0.831 bits per heavy atom. The highest BCUT2D eigenvalue weighted by Gasteiger charge is 2.47. The summed E-state index contributed by atoms with van der Waals surface area (Å²) in [5, 5.41) is 57.1. The van der Waals surface area contributed by atoms with Gasteiger partial charge in [-0.3, -0.25) is 9.59 Å². The summed E-state index contributed by atoms with van der Waals surface area (Å²) in [5.41, 5.74) is 0. The summed E-state index contributed by atoms with van der Waals surface area (Å²) < 4.78 is 17.7. The van der Waals surface area contributed by atoms with Gasteiger partial charge in [0.1, 0.15) is 24.4 Å². The van der Waals surface area contributed by atoms with E-state index in [1.54, 1.807) is 6.08 Å². The predicted molar refractivity (Wildman–Crippen MR) is 347 cm³/mol. The molecule has 1 amide bonds. The van der Waals surface area contributed by atoms with E-state index in [0.717, 1.165) is 109 Å². The number of unbranched alkanes of at least 4 members (excludes halogenated alkanes) is 29. The smallest absolute Gasteiger partial charge is 0.306 e. The van der Waals surface area contributed by atoms with Crippen molar-refractivity contribution < 1.29 is 49.3 Å². The first-order chi connectivity index (χ1) is 40.7. The SMILES string of the molecule is CCCCC/C=C\C/C=C\C/C=C\C/C=C\CCCCC(O)C(=O)NC(COC1OC(CO)C(O)C(O)C1OC(=O)CCCCCCCCCCCC/C=C\C/C=C\C/C=C\CCCCC)C(O)/C=C/CCCCCCCCCCCCC. The minimum absolute atomic E-state index is 0.111. The van der Waals surface area contributed by atoms with Crippen molar-refractivity contribution in [3.05, 3.63) is 97.2 Å². The van der Waals surface area contributed by atoms with Gasteiger partial charge >= 0.3 is 5.97 Å². The number of allylic oxidation sites excluding steroid dienone is 15. The van der Waals surface area contributed by atoms with Crippen LogP contribution in [0.2, 0.25) is 0 Å². The van der Waals surface area contributed by atoms with Gasteiger partial charge in [-0.1, -0.05) is 266 Å². The Bertz CT molecular complexity index is 1720. The first-order valence-corrected chi connectivity index (χ1v) is 34.0. The third-order valence-electron chi connectivity index (χ3n) is 15.5. The fourth-order valence-corrected chi connectivity index (χ4v) is 10.1. The maximum absolute atomic E-state index is 13.4. The number of carbonyl (C=O) groups is 2. The van der Waals surface area contributed by atoms with Crippen LogP contribution in [0.15, 0.2) is 97.2 Å². The molecule has 8 atom stereocenters. The number of aliphatic hydroxyl groups excluding tert-OH is 5. The second-order valence-corrected chi connectivity index (χ2v) is 23.2. The molecule has 11 heteroatoms. The standard InChI is InChI=1S/C72H125NO10/c1-4-7-10-13-16-19-22-25-27-29-31-32-33-34-35-37-39-42-45-48-51-54-57-60-67(77)83-70-69(79)68(78)66(61-74)82-72(70)81-62-63(64(75)58-55-52-49-46-43-40-24-21-18-15-12-9-6-3)73-71(80)65(76)59-56-53-50-47-44-41-38-36-30-28-26-23-20-17-14-11-8-5-2/h16-17,19-20,25-28,31-32,36,38,44,47,55,58,63-66,68-70,72,74-76,78-79H,4-15,18,21-24,29-30,33-35,37,39-43,45-46,48-54,56-57,59-62H2,1-3H3,(H,73,80)/b19-16-,20-17-,27-25-,28-26-,32-31-,38-36-,47-44-,58-55+. The van der Waals surface area contributed by atoms with E-state index < -0.39 is 67.4 Å². The number of hydrogen-bond acceptors (Lipinski definition) is 10. The monoisotopic (exact) mass is 1160 g/mol. The molecule has 1 rings (SSSR count). The Balaban J connectivity index is 2.65. The van der Waals surface area contributed by atoms with Crippen molar-refractivity contribution in [3.8, 4) is 0 Å². The number of ether oxygens (including phenoxy) is 3. The van der Waals surface area contributed by atoms with Gasteiger partial charge in [0.15, 0.2) is 12.4 Å². The highest BCUT2D eigenvalue weighted by atomic mass is 16.7. The van der Waals surface area contributed by atoms with E-state index in [4.69, 9.17) is 14.2 Å². The first kappa shape index (κ1) is 77.6. The zero-order valence-electron chi connectivity index (χ0n) is 53.0. The molecule has 0 aromatic heterocycles. The summed E-state index contributed by atoms with van der Waals surface area (Å²) in [6.07, 6.45) is 68.6. The van der Waals surface area contributed by atoms with Crippen molar-refractivity contribution in [1.82, 2.24) is 5.32 Å². The second-order valence-electron chi connectivity index (χ2n) is 23.2. The minimum atomic E-state index is -1.63. The number of hydrogen-bond donors (Lipinski definition) is 6. The van der Waals surface area contributed by atoms with Gasteiger partial charge in [-0.2, -0.15) is 0 Å². The van der Waals surface area contributed by atoms with Crippen molar-refractivity contribution in [2.45, 2.75) is 333 Å². The number of nitrogens with one attached hydrogen (secondary N) is 1. The van der Waals surface area contributed by atoms with Gasteiger partial charge in [0.25, 0.3) is 0 Å². The lowest BCUT2D eigenvalue weighted by atomic mass is 9.99. The summed E-state index contributed by atoms with van der Waals surface area (Å²) >= 11 is 0. The molecule has 6 N–H and O–H groups in total. The quantitative estimate of drug-likeness (QED) is 0.0195. The molecule has 0 radical (unpaired) electrons. The van der Waals surface area contributed by atoms with E-state index in [1.807, 2.05) is 6.08 Å². The summed E-state index contributed by atoms with van der Waals surface area (Å²) in [7, 11) is 0. The number of rotatable bonds is 57. The molecule has 1 aliphatic heterocycles. The van der Waals surface area contributed by atoms with Crippen LogP contribution in [0.5, 0.6) is 0 Å². The predicted octanol–water partition coefficient (Wildman–Crippen LogP) is 17.1. The summed E-state index contributed by atoms with van der Waals surface area (Å²) in [6, 6.07) is -1.05. The molecule has 0 aromatic carbocycles. The molecule has 8 unspecified atom stereocenters. The van der Waals surface area contributed by atoms with Crippen LogP contribution in [0.25, 0.3) is 0 Å². The number of amides is 1. The largest absolute Gasteiger partial charge is 0.454 e. The van der Waals surface area contributed by atoms with Crippen LogP contribution in [-0.2, 0) is 23.8 Å². The van der Waals surface area contributed by atoms with Gasteiger partial charge in [0.2, 0.25) is 5.91 Å². The van der Waals surface area contributed by atoms with Gasteiger partial charge in [-0.15, -0.1) is 0 Å². The number of aliphatic hydroxyl groups is 5. The van der Waals surface area contributed by atoms with Crippen LogP contribution >= 0.6 is 0 Å². The molecular weight excluding hydrogens is 1040 g/mol. The average Bonchev–Trinajstić information content (AvgIpc) is 3.54. The lowest BCUT2D eigenvalue weighted by Crippen LogP contribution is -2.61. The molecule has 1 aliphatic rings. The van der Waals surface area contributed by atoms with E-state index in [9.17, 15) is 35.1 Å². The van der Waals surface area contributed by atoms with E-state index >= 15 is 0 Å². The Hall–Kier alpha value is -3.42. The van der Waals surface area contributed by atoms with Crippen LogP contribution in [0.3, 0.4) is 0 Å². The molecule has 1 saturated heterocycles. The third kappa shape index (κ3) is 46.5. The lowest BCUT2D eigenvalue weighted by molar-refractivity contribution is -0.305. The van der Waals surface area contributed by atoms with Crippen LogP contribution in [-0.4, -0.2) is 99.6 Å². The molecule has 0 aliphatic carbocycles. The highest BCUT2D eigenvalue weighted by molar-refractivity contribution is 5.80. The van der Waals surface area contributed by atoms with Gasteiger partial charge in [-0.25, -0.2) is 0 Å². The van der Waals surface area contributed by atoms with Crippen molar-refractivity contribution in [3.63, 3.8) is 0 Å². The summed E-state index contributed by atoms with van der Waals surface area (Å²) in [6.45, 7) is 5.73. The summed E-state index contributed by atoms with van der Waals surface area (Å²) in [5.74, 6) is -1.23. The molecule has 0 aromatic rings. The summed E-state index contributed by atoms with van der Waals surface area (Å²) in [4.78, 5) is 26.6. The zero-order chi connectivity index (χ0) is 60.3. The van der Waals surface area contributed by atoms with E-state index in [0.29, 0.717) is 12.8 Å². The Labute approximate surface area is 507 Å². The molecule has 83 heavy (non-hydrogen) atoms. The highest BCUT2D eigenvalue weighted by Crippen LogP contribution is 2.26. The average molecular weight is 1160 g/mol. The normalized spacial score (nSPS) is 19.2. The molecule has 478 valence electrons. The number of esters is 1. The van der Waals surface area contributed by atoms with Crippen molar-refractivity contribution in [2.24, 2.45) is 0 Å². The molecule has 11 nitrogen and oxygen atoms in total. The van der Waals surface area contributed by atoms with Crippen molar-refractivity contribution in [1.29, 1.82) is 0 Å². The Kier molecular flexibility index (Phi) is 55.1. The van der Waals surface area contributed by atoms with Gasteiger partial charge in [-0.05, 0) is 109 Å². The fraction of sp³-hybridized carbons (Fsp3) is 0.750. The minimum Gasteiger partial charge on any atom is -0.454 e. The van der Waals surface area contributed by atoms with E-state index in [-0.39, 0.29) is 19.4 Å². The molecule has 1 heterocycles.